The first-order chi connectivity index (χ1) is 12.1. The summed E-state index contributed by atoms with van der Waals surface area (Å²) in [6, 6.07) is 1.97. The average molecular weight is 346 g/mol. The first-order valence-corrected chi connectivity index (χ1v) is 9.72. The summed E-state index contributed by atoms with van der Waals surface area (Å²) in [6.07, 6.45) is 5.93. The molecule has 0 radical (unpaired) electrons. The number of piperidine rings is 1. The fraction of sp³-hybridized carbons (Fsp3) is 0.750. The van der Waals surface area contributed by atoms with Crippen LogP contribution in [0.5, 0.6) is 0 Å². The van der Waals surface area contributed by atoms with Crippen molar-refractivity contribution in [1.29, 1.82) is 0 Å². The number of hydrogen-bond acceptors (Lipinski definition) is 3. The lowest BCUT2D eigenvalue weighted by Gasteiger charge is -2.50. The molecule has 0 aromatic carbocycles. The molecule has 1 amide bonds. The van der Waals surface area contributed by atoms with Gasteiger partial charge in [-0.15, -0.1) is 0 Å². The van der Waals surface area contributed by atoms with Crippen LogP contribution in [-0.4, -0.2) is 54.8 Å². The van der Waals surface area contributed by atoms with Crippen LogP contribution in [0.2, 0.25) is 0 Å². The van der Waals surface area contributed by atoms with Crippen LogP contribution in [0.25, 0.3) is 0 Å². The number of fused-ring (bicyclic) bond motifs is 1. The Bertz CT molecular complexity index is 637. The number of aromatic nitrogens is 1. The summed E-state index contributed by atoms with van der Waals surface area (Å²) in [4.78, 5) is 18.3. The van der Waals surface area contributed by atoms with Crippen molar-refractivity contribution in [3.63, 3.8) is 0 Å². The molecule has 0 spiro atoms. The van der Waals surface area contributed by atoms with Crippen LogP contribution in [0, 0.1) is 25.2 Å². The third-order valence-corrected chi connectivity index (χ3v) is 6.10. The van der Waals surface area contributed by atoms with E-state index in [-0.39, 0.29) is 17.4 Å². The second-order valence-corrected chi connectivity index (χ2v) is 8.29. The van der Waals surface area contributed by atoms with Gasteiger partial charge in [-0.05, 0) is 57.9 Å². The smallest absolute Gasteiger partial charge is 0.255 e. The summed E-state index contributed by atoms with van der Waals surface area (Å²) in [7, 11) is 0. The van der Waals surface area contributed by atoms with Gasteiger partial charge in [-0.2, -0.15) is 0 Å². The van der Waals surface area contributed by atoms with Crippen molar-refractivity contribution in [3.05, 3.63) is 23.0 Å². The molecule has 2 aliphatic heterocycles. The first-order valence-electron chi connectivity index (χ1n) is 9.72. The van der Waals surface area contributed by atoms with Crippen molar-refractivity contribution in [3.8, 4) is 0 Å². The summed E-state index contributed by atoms with van der Waals surface area (Å²) in [5.74, 6) is 0.915. The van der Waals surface area contributed by atoms with E-state index in [0.717, 1.165) is 75.0 Å². The van der Waals surface area contributed by atoms with Crippen LogP contribution in [0.4, 0.5) is 0 Å². The molecule has 25 heavy (non-hydrogen) atoms. The number of likely N-dealkylation sites (tertiary alicyclic amines) is 1. The summed E-state index contributed by atoms with van der Waals surface area (Å²) < 4.78 is 12.2. The molecule has 0 unspecified atom stereocenters. The molecule has 3 fully saturated rings. The van der Waals surface area contributed by atoms with Crippen LogP contribution in [0.3, 0.4) is 0 Å². The number of aromatic amines is 1. The van der Waals surface area contributed by atoms with Gasteiger partial charge in [-0.1, -0.05) is 0 Å². The van der Waals surface area contributed by atoms with Crippen LogP contribution in [0.15, 0.2) is 6.07 Å². The van der Waals surface area contributed by atoms with E-state index in [1.807, 2.05) is 24.8 Å². The fourth-order valence-electron chi connectivity index (χ4n) is 4.50. The maximum Gasteiger partial charge on any atom is 0.255 e. The lowest BCUT2D eigenvalue weighted by Crippen LogP contribution is -2.58. The van der Waals surface area contributed by atoms with Crippen molar-refractivity contribution in [2.24, 2.45) is 11.3 Å². The lowest BCUT2D eigenvalue weighted by molar-refractivity contribution is -0.147. The second kappa shape index (κ2) is 6.76. The van der Waals surface area contributed by atoms with E-state index in [9.17, 15) is 4.79 Å². The molecule has 3 aliphatic rings. The number of nitrogens with one attached hydrogen (secondary N) is 1. The Morgan fingerprint density at radius 1 is 1.40 bits per heavy atom. The fourth-order valence-corrected chi connectivity index (χ4v) is 4.50. The van der Waals surface area contributed by atoms with Gasteiger partial charge in [0.15, 0.2) is 0 Å². The van der Waals surface area contributed by atoms with Gasteiger partial charge >= 0.3 is 0 Å². The zero-order valence-corrected chi connectivity index (χ0v) is 15.5. The minimum absolute atomic E-state index is 0.0275. The zero-order chi connectivity index (χ0) is 17.4. The minimum Gasteiger partial charge on any atom is -0.380 e. The van der Waals surface area contributed by atoms with E-state index in [2.05, 4.69) is 4.98 Å². The molecular weight excluding hydrogens is 316 g/mol. The topological polar surface area (TPSA) is 54.6 Å². The summed E-state index contributed by atoms with van der Waals surface area (Å²) in [6.45, 7) is 7.95. The highest BCUT2D eigenvalue weighted by Crippen LogP contribution is 2.41. The van der Waals surface area contributed by atoms with Gasteiger partial charge in [0, 0.05) is 43.1 Å². The number of carbonyl (C=O) groups is 1. The van der Waals surface area contributed by atoms with Gasteiger partial charge < -0.3 is 19.4 Å². The molecule has 4 rings (SSSR count). The highest BCUT2D eigenvalue weighted by Gasteiger charge is 2.47. The predicted molar refractivity (Wildman–Crippen MR) is 95.7 cm³/mol. The zero-order valence-electron chi connectivity index (χ0n) is 15.5. The molecule has 3 heterocycles. The average Bonchev–Trinajstić information content (AvgIpc) is 3.36. The molecule has 2 atom stereocenters. The van der Waals surface area contributed by atoms with Gasteiger partial charge in [0.25, 0.3) is 5.91 Å². The molecule has 138 valence electrons. The predicted octanol–water partition coefficient (Wildman–Crippen LogP) is 3.07. The Hall–Kier alpha value is -1.33. The number of hydrogen-bond donors (Lipinski definition) is 1. The third kappa shape index (κ3) is 3.49. The maximum atomic E-state index is 13.1. The maximum absolute atomic E-state index is 13.1. The van der Waals surface area contributed by atoms with Crippen molar-refractivity contribution >= 4 is 5.91 Å². The van der Waals surface area contributed by atoms with Gasteiger partial charge in [0.05, 0.1) is 18.3 Å². The van der Waals surface area contributed by atoms with Crippen molar-refractivity contribution in [1.82, 2.24) is 9.88 Å². The number of H-pyrrole nitrogens is 1. The number of rotatable bonds is 5. The quantitative estimate of drug-likeness (QED) is 0.891. The van der Waals surface area contributed by atoms with E-state index < -0.39 is 0 Å². The SMILES string of the molecule is Cc1cc(C(=O)N2CC[C@@H]3OCCC[C@]3(COCC3CC3)C2)c(C)[nH]1. The molecule has 1 N–H and O–H groups in total. The third-order valence-electron chi connectivity index (χ3n) is 6.10. The Morgan fingerprint density at radius 2 is 2.24 bits per heavy atom. The van der Waals surface area contributed by atoms with E-state index in [1.165, 1.54) is 12.8 Å². The highest BCUT2D eigenvalue weighted by atomic mass is 16.5. The molecule has 5 nitrogen and oxygen atoms in total. The van der Waals surface area contributed by atoms with Crippen molar-refractivity contribution in [2.75, 3.05) is 32.9 Å². The summed E-state index contributed by atoms with van der Waals surface area (Å²) in [5.41, 5.74) is 2.78. The lowest BCUT2D eigenvalue weighted by atomic mass is 9.73. The Balaban J connectivity index is 1.48. The minimum atomic E-state index is -0.0275. The van der Waals surface area contributed by atoms with E-state index in [0.29, 0.717) is 0 Å². The molecular formula is C20H30N2O3. The monoisotopic (exact) mass is 346 g/mol. The van der Waals surface area contributed by atoms with Crippen molar-refractivity contribution in [2.45, 2.75) is 52.1 Å². The summed E-state index contributed by atoms with van der Waals surface area (Å²) >= 11 is 0. The van der Waals surface area contributed by atoms with E-state index in [4.69, 9.17) is 9.47 Å². The standard InChI is InChI=1S/C20H30N2O3/c1-14-10-17(15(2)21-14)19(23)22-8-6-18-20(12-22,7-3-9-25-18)13-24-11-16-4-5-16/h10,16,18,21H,3-9,11-13H2,1-2H3/t18-,20+/m0/s1. The summed E-state index contributed by atoms with van der Waals surface area (Å²) in [5, 5.41) is 0. The van der Waals surface area contributed by atoms with E-state index >= 15 is 0 Å². The molecule has 1 aromatic heterocycles. The largest absolute Gasteiger partial charge is 0.380 e. The number of nitrogens with zero attached hydrogens (tertiary/aromatic N) is 1. The first kappa shape index (κ1) is 17.1. The number of aryl methyl sites for hydroxylation is 2. The second-order valence-electron chi connectivity index (χ2n) is 8.29. The number of amides is 1. The Morgan fingerprint density at radius 3 is 2.96 bits per heavy atom. The van der Waals surface area contributed by atoms with Gasteiger partial charge in [0.2, 0.25) is 0 Å². The normalized spacial score (nSPS) is 29.5. The Labute approximate surface area is 150 Å². The van der Waals surface area contributed by atoms with Crippen LogP contribution in [0.1, 0.15) is 53.8 Å². The van der Waals surface area contributed by atoms with Crippen molar-refractivity contribution < 1.29 is 14.3 Å². The highest BCUT2D eigenvalue weighted by molar-refractivity contribution is 5.95. The molecule has 5 heteroatoms. The van der Waals surface area contributed by atoms with Gasteiger partial charge in [-0.3, -0.25) is 4.79 Å². The molecule has 1 aromatic rings. The van der Waals surface area contributed by atoms with Crippen LogP contribution >= 0.6 is 0 Å². The van der Waals surface area contributed by atoms with E-state index in [1.54, 1.807) is 0 Å². The van der Waals surface area contributed by atoms with Gasteiger partial charge in [0.1, 0.15) is 0 Å². The van der Waals surface area contributed by atoms with Crippen LogP contribution in [-0.2, 0) is 9.47 Å². The molecule has 1 saturated carbocycles. The molecule has 2 saturated heterocycles. The van der Waals surface area contributed by atoms with Crippen LogP contribution < -0.4 is 0 Å². The Kier molecular flexibility index (Phi) is 4.63. The number of carbonyl (C=O) groups excluding carboxylic acids is 1. The molecule has 1 aliphatic carbocycles. The molecule has 0 bridgehead atoms. The van der Waals surface area contributed by atoms with Gasteiger partial charge in [-0.25, -0.2) is 0 Å². The number of ether oxygens (including phenoxy) is 2.